The molecule has 4 aromatic rings. The van der Waals surface area contributed by atoms with Crippen molar-refractivity contribution >= 4 is 43.2 Å². The third-order valence-corrected chi connectivity index (χ3v) is 10.4. The molecule has 8 nitrogen and oxygen atoms in total. The summed E-state index contributed by atoms with van der Waals surface area (Å²) in [4.78, 5) is 26.4. The van der Waals surface area contributed by atoms with Crippen LogP contribution in [0.4, 0.5) is 0 Å². The van der Waals surface area contributed by atoms with Gasteiger partial charge >= 0.3 is 5.69 Å². The molecule has 5 rings (SSSR count). The first kappa shape index (κ1) is 23.7. The molecule has 1 saturated carbocycles. The molecule has 0 bridgehead atoms. The Hall–Kier alpha value is -3.04. The number of hydrogen-bond acceptors (Lipinski definition) is 5. The van der Waals surface area contributed by atoms with E-state index in [1.54, 1.807) is 12.1 Å². The van der Waals surface area contributed by atoms with Crippen LogP contribution in [-0.4, -0.2) is 27.9 Å². The summed E-state index contributed by atoms with van der Waals surface area (Å²) in [7, 11) is -4.14. The van der Waals surface area contributed by atoms with Crippen LogP contribution in [0.15, 0.2) is 62.0 Å². The zero-order valence-electron chi connectivity index (χ0n) is 19.8. The molecule has 0 amide bonds. The highest BCUT2D eigenvalue weighted by Gasteiger charge is 2.63. The normalized spacial score (nSPS) is 17.3. The summed E-state index contributed by atoms with van der Waals surface area (Å²) >= 11 is 6.10. The van der Waals surface area contributed by atoms with Crippen LogP contribution in [0, 0.1) is 16.7 Å². The van der Waals surface area contributed by atoms with E-state index in [1.807, 2.05) is 12.3 Å². The van der Waals surface area contributed by atoms with Gasteiger partial charge in [-0.25, -0.2) is 13.2 Å². The van der Waals surface area contributed by atoms with E-state index in [0.717, 1.165) is 23.9 Å². The standard InChI is InChI=1S/C25H26ClN3O5S/c1-24(2)19(25(24,3)4)10-12-28-11-9-14-5-6-15(13-17(14)28)35(33,34)18-8-7-16(26)20-21(18)27-23(31)29(32)22(20)30/h5-9,11,13,19,32H,10,12H2,1-4H3,(H,27,31). The second kappa shape index (κ2) is 7.48. The Bertz CT molecular complexity index is 1730. The average molecular weight is 516 g/mol. The van der Waals surface area contributed by atoms with Gasteiger partial charge in [-0.3, -0.25) is 4.79 Å². The second-order valence-corrected chi connectivity index (χ2v) is 12.7. The molecular formula is C25H26ClN3O5S. The highest BCUT2D eigenvalue weighted by molar-refractivity contribution is 7.91. The average Bonchev–Trinajstić information content (AvgIpc) is 3.05. The highest BCUT2D eigenvalue weighted by Crippen LogP contribution is 2.69. The van der Waals surface area contributed by atoms with Gasteiger partial charge in [0, 0.05) is 18.3 Å². The first-order chi connectivity index (χ1) is 16.3. The number of aromatic nitrogens is 3. The number of rotatable bonds is 5. The molecule has 0 unspecified atom stereocenters. The van der Waals surface area contributed by atoms with E-state index in [0.29, 0.717) is 5.92 Å². The Morgan fingerprint density at radius 2 is 1.74 bits per heavy atom. The maximum absolute atomic E-state index is 13.6. The lowest BCUT2D eigenvalue weighted by Crippen LogP contribution is -2.33. The van der Waals surface area contributed by atoms with Crippen molar-refractivity contribution in [3.8, 4) is 0 Å². The van der Waals surface area contributed by atoms with Crippen molar-refractivity contribution in [3.63, 3.8) is 0 Å². The number of aromatic amines is 1. The number of hydrogen-bond donors (Lipinski definition) is 2. The van der Waals surface area contributed by atoms with E-state index >= 15 is 0 Å². The van der Waals surface area contributed by atoms with Gasteiger partial charge in [0.1, 0.15) is 0 Å². The van der Waals surface area contributed by atoms with Gasteiger partial charge in [-0.15, -0.1) is 0 Å². The number of halogens is 1. The quantitative estimate of drug-likeness (QED) is 0.381. The van der Waals surface area contributed by atoms with Crippen LogP contribution in [0.1, 0.15) is 34.1 Å². The lowest BCUT2D eigenvalue weighted by molar-refractivity contribution is 0.162. The molecule has 1 aliphatic rings. The largest absolute Gasteiger partial charge is 0.421 e. The molecular weight excluding hydrogens is 490 g/mol. The fourth-order valence-corrected chi connectivity index (χ4v) is 7.12. The van der Waals surface area contributed by atoms with Crippen LogP contribution in [0.2, 0.25) is 5.02 Å². The van der Waals surface area contributed by atoms with Crippen molar-refractivity contribution in [2.75, 3.05) is 0 Å². The minimum atomic E-state index is -4.14. The van der Waals surface area contributed by atoms with E-state index < -0.39 is 21.1 Å². The summed E-state index contributed by atoms with van der Waals surface area (Å²) < 4.78 is 29.2. The van der Waals surface area contributed by atoms with Gasteiger partial charge in [0.05, 0.1) is 25.7 Å². The predicted molar refractivity (Wildman–Crippen MR) is 134 cm³/mol. The summed E-state index contributed by atoms with van der Waals surface area (Å²) in [5, 5.41) is 10.2. The lowest BCUT2D eigenvalue weighted by Gasteiger charge is -2.11. The summed E-state index contributed by atoms with van der Waals surface area (Å²) in [5.41, 5.74) is -1.18. The van der Waals surface area contributed by atoms with Crippen LogP contribution in [0.3, 0.4) is 0 Å². The van der Waals surface area contributed by atoms with Crippen LogP contribution in [0.5, 0.6) is 0 Å². The second-order valence-electron chi connectivity index (χ2n) is 10.4. The minimum absolute atomic E-state index is 0.0229. The van der Waals surface area contributed by atoms with E-state index in [2.05, 4.69) is 37.2 Å². The van der Waals surface area contributed by atoms with E-state index in [1.165, 1.54) is 18.2 Å². The van der Waals surface area contributed by atoms with Gasteiger partial charge in [-0.1, -0.05) is 50.1 Å². The van der Waals surface area contributed by atoms with Gasteiger partial charge in [-0.2, -0.15) is 0 Å². The monoisotopic (exact) mass is 515 g/mol. The number of benzene rings is 2. The number of nitrogens with zero attached hydrogens (tertiary/aromatic N) is 2. The summed E-state index contributed by atoms with van der Waals surface area (Å²) in [6, 6.07) is 9.31. The zero-order chi connectivity index (χ0) is 25.5. The molecule has 1 fully saturated rings. The Morgan fingerprint density at radius 3 is 2.40 bits per heavy atom. The number of fused-ring (bicyclic) bond motifs is 2. The molecule has 2 heterocycles. The molecule has 10 heteroatoms. The summed E-state index contributed by atoms with van der Waals surface area (Å²) in [6.07, 6.45) is 2.94. The third kappa shape index (κ3) is 3.36. The molecule has 35 heavy (non-hydrogen) atoms. The Labute approximate surface area is 206 Å². The van der Waals surface area contributed by atoms with Crippen molar-refractivity contribution in [1.82, 2.24) is 14.3 Å². The smallest absolute Gasteiger partial charge is 0.362 e. The van der Waals surface area contributed by atoms with Gasteiger partial charge in [-0.05, 0) is 58.9 Å². The van der Waals surface area contributed by atoms with Crippen molar-refractivity contribution < 1.29 is 13.6 Å². The summed E-state index contributed by atoms with van der Waals surface area (Å²) in [5.74, 6) is 0.576. The number of aryl methyl sites for hydroxylation is 1. The Balaban J connectivity index is 1.59. The Kier molecular flexibility index (Phi) is 5.06. The van der Waals surface area contributed by atoms with Crippen molar-refractivity contribution in [2.24, 2.45) is 16.7 Å². The van der Waals surface area contributed by atoms with E-state index in [9.17, 15) is 23.2 Å². The maximum Gasteiger partial charge on any atom is 0.362 e. The molecule has 1 aliphatic carbocycles. The Morgan fingerprint density at radius 1 is 1.06 bits per heavy atom. The number of nitrogens with one attached hydrogen (secondary N) is 1. The van der Waals surface area contributed by atoms with Gasteiger partial charge in [0.25, 0.3) is 5.56 Å². The number of H-pyrrole nitrogens is 1. The van der Waals surface area contributed by atoms with Gasteiger partial charge in [0.2, 0.25) is 9.84 Å². The highest BCUT2D eigenvalue weighted by atomic mass is 35.5. The molecule has 0 atom stereocenters. The van der Waals surface area contributed by atoms with Crippen LogP contribution in [-0.2, 0) is 16.4 Å². The molecule has 0 saturated heterocycles. The first-order valence-corrected chi connectivity index (χ1v) is 13.2. The summed E-state index contributed by atoms with van der Waals surface area (Å²) in [6.45, 7) is 9.88. The van der Waals surface area contributed by atoms with E-state index in [-0.39, 0.29) is 41.3 Å². The SMILES string of the molecule is CC1(C)C(CCn2ccc3ccc(S(=O)(=O)c4ccc(Cl)c5c(=O)n(O)c(=O)[nH]c45)cc32)C1(C)C. The van der Waals surface area contributed by atoms with Crippen LogP contribution < -0.4 is 11.2 Å². The molecule has 0 aliphatic heterocycles. The molecule has 2 aromatic carbocycles. The van der Waals surface area contributed by atoms with Gasteiger partial charge < -0.3 is 14.8 Å². The lowest BCUT2D eigenvalue weighted by atomic mass is 10.0. The zero-order valence-corrected chi connectivity index (χ0v) is 21.4. The van der Waals surface area contributed by atoms with Crippen LogP contribution in [0.25, 0.3) is 21.8 Å². The van der Waals surface area contributed by atoms with Crippen molar-refractivity contribution in [1.29, 1.82) is 0 Å². The molecule has 0 radical (unpaired) electrons. The topological polar surface area (TPSA) is 114 Å². The van der Waals surface area contributed by atoms with Crippen molar-refractivity contribution in [3.05, 3.63) is 68.5 Å². The first-order valence-electron chi connectivity index (χ1n) is 11.3. The molecule has 2 aromatic heterocycles. The molecule has 0 spiro atoms. The van der Waals surface area contributed by atoms with E-state index in [4.69, 9.17) is 11.6 Å². The van der Waals surface area contributed by atoms with Crippen molar-refractivity contribution in [2.45, 2.75) is 50.5 Å². The molecule has 2 N–H and O–H groups in total. The maximum atomic E-state index is 13.6. The fourth-order valence-electron chi connectivity index (χ4n) is 5.45. The predicted octanol–water partition coefficient (Wildman–Crippen LogP) is 4.44. The van der Waals surface area contributed by atoms with Gasteiger partial charge in [0.15, 0.2) is 0 Å². The molecule has 184 valence electrons. The fraction of sp³-hybridized carbons (Fsp3) is 0.360. The van der Waals surface area contributed by atoms with Crippen LogP contribution >= 0.6 is 11.6 Å². The third-order valence-electron chi connectivity index (χ3n) is 8.27. The minimum Gasteiger partial charge on any atom is -0.421 e. The number of sulfone groups is 1.